The average Bonchev–Trinajstić information content (AvgIpc) is 2.65. The van der Waals surface area contributed by atoms with E-state index < -0.39 is 0 Å². The van der Waals surface area contributed by atoms with Crippen molar-refractivity contribution in [3.63, 3.8) is 0 Å². The monoisotopic (exact) mass is 350 g/mol. The third kappa shape index (κ3) is 3.47. The van der Waals surface area contributed by atoms with Gasteiger partial charge < -0.3 is 14.6 Å². The van der Waals surface area contributed by atoms with Gasteiger partial charge in [0.25, 0.3) is 11.5 Å². The minimum atomic E-state index is -0.179. The van der Waals surface area contributed by atoms with E-state index in [0.29, 0.717) is 16.9 Å². The van der Waals surface area contributed by atoms with Gasteiger partial charge in [-0.1, -0.05) is 30.3 Å². The fraction of sp³-hybridized carbons (Fsp3) is 0.238. The highest BCUT2D eigenvalue weighted by molar-refractivity contribution is 5.97. The van der Waals surface area contributed by atoms with Crippen LogP contribution in [0.15, 0.2) is 59.4 Å². The van der Waals surface area contributed by atoms with Gasteiger partial charge in [-0.05, 0) is 43.5 Å². The summed E-state index contributed by atoms with van der Waals surface area (Å²) in [5.41, 5.74) is 1.65. The fourth-order valence-electron chi connectivity index (χ4n) is 2.96. The molecule has 0 atom stereocenters. The smallest absolute Gasteiger partial charge is 0.258 e. The number of rotatable bonds is 5. The van der Waals surface area contributed by atoms with Crippen LogP contribution in [-0.4, -0.2) is 28.9 Å². The number of nitrogens with one attached hydrogen (secondary N) is 1. The molecule has 0 saturated heterocycles. The zero-order chi connectivity index (χ0) is 18.7. The van der Waals surface area contributed by atoms with Crippen molar-refractivity contribution in [2.75, 3.05) is 7.11 Å². The highest BCUT2D eigenvalue weighted by Gasteiger charge is 2.23. The maximum absolute atomic E-state index is 13.1. The van der Waals surface area contributed by atoms with Gasteiger partial charge in [-0.15, -0.1) is 0 Å². The summed E-state index contributed by atoms with van der Waals surface area (Å²) in [7, 11) is 1.54. The van der Waals surface area contributed by atoms with Gasteiger partial charge in [0, 0.05) is 17.1 Å². The van der Waals surface area contributed by atoms with Crippen molar-refractivity contribution in [2.24, 2.45) is 0 Å². The number of carbonyl (C=O) groups excluding carboxylic acids is 1. The molecule has 1 aromatic heterocycles. The molecule has 1 amide bonds. The van der Waals surface area contributed by atoms with Gasteiger partial charge in [0.2, 0.25) is 0 Å². The van der Waals surface area contributed by atoms with Crippen molar-refractivity contribution in [3.05, 3.63) is 76.1 Å². The van der Waals surface area contributed by atoms with Crippen LogP contribution in [-0.2, 0) is 6.54 Å². The Morgan fingerprint density at radius 2 is 1.81 bits per heavy atom. The summed E-state index contributed by atoms with van der Waals surface area (Å²) in [6, 6.07) is 16.5. The SMILES string of the molecule is COc1ccccc1C(=O)N(Cc1cc2ccccc2[nH]c1=O)C(C)C. The predicted molar refractivity (Wildman–Crippen MR) is 103 cm³/mol. The molecule has 0 saturated carbocycles. The summed E-state index contributed by atoms with van der Waals surface area (Å²) in [6.07, 6.45) is 0. The number of hydrogen-bond donors (Lipinski definition) is 1. The Morgan fingerprint density at radius 3 is 2.54 bits per heavy atom. The molecule has 0 aliphatic heterocycles. The van der Waals surface area contributed by atoms with Gasteiger partial charge in [-0.2, -0.15) is 0 Å². The number of fused-ring (bicyclic) bond motifs is 1. The first kappa shape index (κ1) is 17.7. The van der Waals surface area contributed by atoms with E-state index >= 15 is 0 Å². The Kier molecular flexibility index (Phi) is 5.07. The maximum atomic E-state index is 13.1. The predicted octanol–water partition coefficient (Wildman–Crippen LogP) is 3.59. The van der Waals surface area contributed by atoms with Crippen LogP contribution in [0.4, 0.5) is 0 Å². The summed E-state index contributed by atoms with van der Waals surface area (Å²) < 4.78 is 5.31. The van der Waals surface area contributed by atoms with E-state index in [1.807, 2.05) is 50.2 Å². The zero-order valence-corrected chi connectivity index (χ0v) is 15.2. The molecular weight excluding hydrogens is 328 g/mol. The first-order valence-electron chi connectivity index (χ1n) is 8.56. The molecule has 1 N–H and O–H groups in total. The van der Waals surface area contributed by atoms with Crippen molar-refractivity contribution < 1.29 is 9.53 Å². The van der Waals surface area contributed by atoms with Gasteiger partial charge in [-0.25, -0.2) is 0 Å². The number of H-pyrrole nitrogens is 1. The van der Waals surface area contributed by atoms with E-state index in [1.165, 1.54) is 0 Å². The van der Waals surface area contributed by atoms with Crippen molar-refractivity contribution in [3.8, 4) is 5.75 Å². The average molecular weight is 350 g/mol. The molecule has 5 nitrogen and oxygen atoms in total. The Balaban J connectivity index is 1.98. The number of aromatic nitrogens is 1. The molecule has 1 heterocycles. The number of methoxy groups -OCH3 is 1. The summed E-state index contributed by atoms with van der Waals surface area (Å²) >= 11 is 0. The standard InChI is InChI=1S/C21H22N2O3/c1-14(2)23(21(25)17-9-5-7-11-19(17)26-3)13-16-12-15-8-4-6-10-18(15)22-20(16)24/h4-12,14H,13H2,1-3H3,(H,22,24). The second-order valence-corrected chi connectivity index (χ2v) is 6.44. The molecular formula is C21H22N2O3. The second kappa shape index (κ2) is 7.44. The van der Waals surface area contributed by atoms with Crippen LogP contribution in [0.5, 0.6) is 5.75 Å². The molecule has 0 fully saturated rings. The molecule has 134 valence electrons. The van der Waals surface area contributed by atoms with Crippen molar-refractivity contribution in [1.82, 2.24) is 9.88 Å². The summed E-state index contributed by atoms with van der Waals surface area (Å²) in [5.74, 6) is 0.362. The number of aromatic amines is 1. The summed E-state index contributed by atoms with van der Waals surface area (Å²) in [6.45, 7) is 4.10. The highest BCUT2D eigenvalue weighted by Crippen LogP contribution is 2.22. The number of benzene rings is 2. The molecule has 0 spiro atoms. The van der Waals surface area contributed by atoms with Crippen molar-refractivity contribution in [1.29, 1.82) is 0 Å². The lowest BCUT2D eigenvalue weighted by molar-refractivity contribution is 0.0686. The number of hydrogen-bond acceptors (Lipinski definition) is 3. The van der Waals surface area contributed by atoms with Crippen LogP contribution >= 0.6 is 0 Å². The van der Waals surface area contributed by atoms with E-state index in [-0.39, 0.29) is 24.1 Å². The molecule has 3 aromatic rings. The zero-order valence-electron chi connectivity index (χ0n) is 15.2. The molecule has 0 bridgehead atoms. The molecule has 0 unspecified atom stereocenters. The third-order valence-electron chi connectivity index (χ3n) is 4.39. The lowest BCUT2D eigenvalue weighted by Crippen LogP contribution is -2.38. The molecule has 2 aromatic carbocycles. The number of pyridine rings is 1. The quantitative estimate of drug-likeness (QED) is 0.765. The molecule has 5 heteroatoms. The lowest BCUT2D eigenvalue weighted by Gasteiger charge is -2.27. The fourth-order valence-corrected chi connectivity index (χ4v) is 2.96. The summed E-state index contributed by atoms with van der Waals surface area (Å²) in [4.78, 5) is 30.1. The highest BCUT2D eigenvalue weighted by atomic mass is 16.5. The van der Waals surface area contributed by atoms with E-state index in [4.69, 9.17) is 4.74 Å². The van der Waals surface area contributed by atoms with Crippen molar-refractivity contribution >= 4 is 16.8 Å². The number of carbonyl (C=O) groups is 1. The first-order chi connectivity index (χ1) is 12.5. The lowest BCUT2D eigenvalue weighted by atomic mass is 10.1. The molecule has 0 aliphatic rings. The van der Waals surface area contributed by atoms with Crippen LogP contribution in [0.2, 0.25) is 0 Å². The Hall–Kier alpha value is -3.08. The van der Waals surface area contributed by atoms with Crippen LogP contribution in [0.25, 0.3) is 10.9 Å². The first-order valence-corrected chi connectivity index (χ1v) is 8.56. The topological polar surface area (TPSA) is 62.4 Å². The van der Waals surface area contributed by atoms with E-state index in [9.17, 15) is 9.59 Å². The van der Waals surface area contributed by atoms with Crippen LogP contribution < -0.4 is 10.3 Å². The molecule has 0 radical (unpaired) electrons. The third-order valence-corrected chi connectivity index (χ3v) is 4.39. The van der Waals surface area contributed by atoms with Crippen LogP contribution in [0.1, 0.15) is 29.8 Å². The Bertz CT molecular complexity index is 992. The van der Waals surface area contributed by atoms with E-state index in [2.05, 4.69) is 4.98 Å². The Morgan fingerprint density at radius 1 is 1.12 bits per heavy atom. The molecule has 0 aliphatic carbocycles. The maximum Gasteiger partial charge on any atom is 0.258 e. The van der Waals surface area contributed by atoms with Gasteiger partial charge in [0.05, 0.1) is 19.2 Å². The van der Waals surface area contributed by atoms with Gasteiger partial charge in [-0.3, -0.25) is 9.59 Å². The van der Waals surface area contributed by atoms with Crippen molar-refractivity contribution in [2.45, 2.75) is 26.4 Å². The van der Waals surface area contributed by atoms with Gasteiger partial charge in [0.15, 0.2) is 0 Å². The molecule has 26 heavy (non-hydrogen) atoms. The van der Waals surface area contributed by atoms with Crippen LogP contribution in [0.3, 0.4) is 0 Å². The van der Waals surface area contributed by atoms with E-state index in [1.54, 1.807) is 30.2 Å². The second-order valence-electron chi connectivity index (χ2n) is 6.44. The van der Waals surface area contributed by atoms with E-state index in [0.717, 1.165) is 10.9 Å². The normalized spacial score (nSPS) is 10.9. The van der Waals surface area contributed by atoms with Gasteiger partial charge >= 0.3 is 0 Å². The minimum Gasteiger partial charge on any atom is -0.496 e. The minimum absolute atomic E-state index is 0.0710. The number of nitrogens with zero attached hydrogens (tertiary/aromatic N) is 1. The number of ether oxygens (including phenoxy) is 1. The number of para-hydroxylation sites is 2. The van der Waals surface area contributed by atoms with Gasteiger partial charge in [0.1, 0.15) is 5.75 Å². The number of amides is 1. The summed E-state index contributed by atoms with van der Waals surface area (Å²) in [5, 5.41) is 0.940. The largest absolute Gasteiger partial charge is 0.496 e. The van der Waals surface area contributed by atoms with Crippen LogP contribution in [0, 0.1) is 0 Å². The Labute approximate surface area is 152 Å². The molecule has 3 rings (SSSR count).